The lowest BCUT2D eigenvalue weighted by Crippen LogP contribution is -1.88. The van der Waals surface area contributed by atoms with Crippen LogP contribution >= 0.6 is 31.5 Å². The predicted molar refractivity (Wildman–Crippen MR) is 47.1 cm³/mol. The fourth-order valence-corrected chi connectivity index (χ4v) is 1.78. The van der Waals surface area contributed by atoms with Crippen molar-refractivity contribution in [3.63, 3.8) is 0 Å². The van der Waals surface area contributed by atoms with Crippen molar-refractivity contribution in [3.8, 4) is 0 Å². The molecule has 0 fully saturated rings. The number of hydrogen-bond donors (Lipinski definition) is 1. The average Bonchev–Trinajstić information content (AvgIpc) is 1.64. The minimum Gasteiger partial charge on any atom is -0.301 e. The van der Waals surface area contributed by atoms with Crippen LogP contribution in [0, 0.1) is 0 Å². The highest BCUT2D eigenvalue weighted by molar-refractivity contribution is 8.44. The summed E-state index contributed by atoms with van der Waals surface area (Å²) in [7, 11) is 0. The quantitative estimate of drug-likeness (QED) is 0.567. The van der Waals surface area contributed by atoms with Gasteiger partial charge in [-0.15, -0.1) is 12.4 Å². The molecule has 3 nitrogen and oxygen atoms in total. The van der Waals surface area contributed by atoms with Gasteiger partial charge in [0, 0.05) is 0 Å². The maximum atomic E-state index is 10.8. The van der Waals surface area contributed by atoms with E-state index in [2.05, 4.69) is 21.3 Å². The van der Waals surface area contributed by atoms with Gasteiger partial charge in [-0.25, -0.2) is 4.57 Å². The lowest BCUT2D eigenvalue weighted by atomic mass is 10.9. The van der Waals surface area contributed by atoms with Crippen molar-refractivity contribution in [3.05, 3.63) is 0 Å². The van der Waals surface area contributed by atoms with Crippen LogP contribution < -0.4 is 0 Å². The zero-order chi connectivity index (χ0) is 7.33. The molecule has 10 heavy (non-hydrogen) atoms. The van der Waals surface area contributed by atoms with E-state index in [4.69, 9.17) is 0 Å². The molecule has 0 bridgehead atoms. The Morgan fingerprint density at radius 1 is 1.30 bits per heavy atom. The van der Waals surface area contributed by atoms with E-state index in [-0.39, 0.29) is 12.4 Å². The number of halogens is 1. The van der Waals surface area contributed by atoms with Gasteiger partial charge in [-0.2, -0.15) is 0 Å². The summed E-state index contributed by atoms with van der Waals surface area (Å²) in [5.74, 6) is 0. The fourth-order valence-electron chi connectivity index (χ4n) is 0.364. The fraction of sp³-hybridized carbons (Fsp3) is 1.00. The average molecular weight is 207 g/mol. The highest BCUT2D eigenvalue weighted by Gasteiger charge is 2.15. The molecule has 0 rings (SSSR count). The molecule has 64 valence electrons. The van der Waals surface area contributed by atoms with Crippen molar-refractivity contribution < 1.29 is 13.6 Å². The van der Waals surface area contributed by atoms with Crippen molar-refractivity contribution in [2.75, 3.05) is 13.2 Å². The summed E-state index contributed by atoms with van der Waals surface area (Å²) in [6.07, 6.45) is 0. The Hall–Kier alpha value is 0.790. The van der Waals surface area contributed by atoms with Gasteiger partial charge in [0.15, 0.2) is 0 Å². The molecule has 0 aromatic heterocycles. The third-order valence-electron chi connectivity index (χ3n) is 0.584. The molecule has 0 spiro atoms. The first kappa shape index (κ1) is 13.4. The maximum Gasteiger partial charge on any atom is 0.386 e. The van der Waals surface area contributed by atoms with Crippen LogP contribution in [0.4, 0.5) is 0 Å². The van der Waals surface area contributed by atoms with Crippen LogP contribution in [-0.4, -0.2) is 13.2 Å². The Kier molecular flexibility index (Phi) is 8.70. The lowest BCUT2D eigenvalue weighted by molar-refractivity contribution is 0.237. The second kappa shape index (κ2) is 6.50. The second-order valence-electron chi connectivity index (χ2n) is 1.30. The molecule has 0 heterocycles. The van der Waals surface area contributed by atoms with E-state index in [1.54, 1.807) is 13.8 Å². The van der Waals surface area contributed by atoms with E-state index in [1.165, 1.54) is 0 Å². The first-order valence-electron chi connectivity index (χ1n) is 2.74. The third-order valence-corrected chi connectivity index (χ3v) is 2.45. The Balaban J connectivity index is 0. The highest BCUT2D eigenvalue weighted by atomic mass is 35.5. The van der Waals surface area contributed by atoms with E-state index in [0.717, 1.165) is 0 Å². The van der Waals surface area contributed by atoms with Crippen molar-refractivity contribution in [1.82, 2.24) is 0 Å². The number of thiol groups is 1. The second-order valence-corrected chi connectivity index (χ2v) is 4.23. The molecule has 0 atom stereocenters. The monoisotopic (exact) mass is 206 g/mol. The van der Waals surface area contributed by atoms with Crippen molar-refractivity contribution in [1.29, 1.82) is 0 Å². The van der Waals surface area contributed by atoms with Crippen LogP contribution in [0.1, 0.15) is 13.8 Å². The summed E-state index contributed by atoms with van der Waals surface area (Å²) in [6.45, 7) is 1.20. The molecular formula is C4H12ClO3PS. The normalized spacial score (nSPS) is 10.7. The zero-order valence-corrected chi connectivity index (χ0v) is 8.55. The minimum absolute atomic E-state index is 0. The van der Waals surface area contributed by atoms with E-state index in [9.17, 15) is 4.57 Å². The lowest BCUT2D eigenvalue weighted by Gasteiger charge is -2.08. The van der Waals surface area contributed by atoms with Gasteiger partial charge >= 0.3 is 6.80 Å². The van der Waals surface area contributed by atoms with Crippen LogP contribution in [0.25, 0.3) is 0 Å². The van der Waals surface area contributed by atoms with Gasteiger partial charge < -0.3 is 9.05 Å². The molecule has 6 heteroatoms. The summed E-state index contributed by atoms with van der Waals surface area (Å²) < 4.78 is 20.2. The molecule has 0 unspecified atom stereocenters. The standard InChI is InChI=1S/C4H11O3PS.ClH/c1-3-6-8(5,9)7-4-2;/h3-4H2,1-2H3,(H,5,9);1H. The Morgan fingerprint density at radius 3 is 1.80 bits per heavy atom. The summed E-state index contributed by atoms with van der Waals surface area (Å²) in [5, 5.41) is 0. The predicted octanol–water partition coefficient (Wildman–Crippen LogP) is 2.52. The van der Waals surface area contributed by atoms with E-state index < -0.39 is 6.80 Å². The van der Waals surface area contributed by atoms with Crippen LogP contribution in [0.2, 0.25) is 0 Å². The smallest absolute Gasteiger partial charge is 0.301 e. The van der Waals surface area contributed by atoms with Gasteiger partial charge in [-0.3, -0.25) is 0 Å². The summed E-state index contributed by atoms with van der Waals surface area (Å²) in [4.78, 5) is 0. The topological polar surface area (TPSA) is 35.5 Å². The molecular weight excluding hydrogens is 195 g/mol. The Morgan fingerprint density at radius 2 is 1.60 bits per heavy atom. The molecule has 0 aromatic rings. The molecule has 0 aromatic carbocycles. The summed E-state index contributed by atoms with van der Waals surface area (Å²) in [6, 6.07) is 0. The first-order valence-corrected chi connectivity index (χ1v) is 5.43. The maximum absolute atomic E-state index is 10.8. The molecule has 0 radical (unpaired) electrons. The molecule has 0 amide bonds. The molecule has 0 aliphatic heterocycles. The zero-order valence-electron chi connectivity index (χ0n) is 5.94. The van der Waals surface area contributed by atoms with Gasteiger partial charge in [0.2, 0.25) is 0 Å². The van der Waals surface area contributed by atoms with Crippen molar-refractivity contribution >= 4 is 31.5 Å². The van der Waals surface area contributed by atoms with Crippen molar-refractivity contribution in [2.45, 2.75) is 13.8 Å². The minimum atomic E-state index is -3.00. The van der Waals surface area contributed by atoms with Gasteiger partial charge in [0.25, 0.3) is 0 Å². The van der Waals surface area contributed by atoms with Crippen LogP contribution in [0.15, 0.2) is 0 Å². The van der Waals surface area contributed by atoms with Gasteiger partial charge in [-0.05, 0) is 13.8 Å². The molecule has 0 aliphatic carbocycles. The van der Waals surface area contributed by atoms with Gasteiger partial charge in [0.1, 0.15) is 0 Å². The Labute approximate surface area is 72.6 Å². The highest BCUT2D eigenvalue weighted by Crippen LogP contribution is 2.52. The molecule has 0 aliphatic rings. The van der Waals surface area contributed by atoms with E-state index in [0.29, 0.717) is 13.2 Å². The SMILES string of the molecule is CCOP(=O)(S)OCC.Cl. The van der Waals surface area contributed by atoms with Crippen LogP contribution in [0.5, 0.6) is 0 Å². The summed E-state index contributed by atoms with van der Waals surface area (Å²) in [5.41, 5.74) is 0. The molecule has 0 N–H and O–H groups in total. The third kappa shape index (κ3) is 6.90. The van der Waals surface area contributed by atoms with Crippen LogP contribution in [-0.2, 0) is 13.6 Å². The van der Waals surface area contributed by atoms with Crippen LogP contribution in [0.3, 0.4) is 0 Å². The van der Waals surface area contributed by atoms with E-state index >= 15 is 0 Å². The number of hydrogen-bond acceptors (Lipinski definition) is 3. The van der Waals surface area contributed by atoms with Gasteiger partial charge in [0.05, 0.1) is 13.2 Å². The molecule has 0 saturated heterocycles. The first-order chi connectivity index (χ1) is 4.12. The van der Waals surface area contributed by atoms with Crippen molar-refractivity contribution in [2.24, 2.45) is 0 Å². The number of rotatable bonds is 4. The largest absolute Gasteiger partial charge is 0.386 e. The summed E-state index contributed by atoms with van der Waals surface area (Å²) >= 11 is 3.66. The Bertz CT molecular complexity index is 111. The van der Waals surface area contributed by atoms with Gasteiger partial charge in [-0.1, -0.05) is 12.2 Å². The molecule has 0 saturated carbocycles. The van der Waals surface area contributed by atoms with E-state index in [1.807, 2.05) is 0 Å².